The summed E-state index contributed by atoms with van der Waals surface area (Å²) in [5, 5.41) is -0.504. The van der Waals surface area contributed by atoms with Gasteiger partial charge in [-0.3, -0.25) is 10.8 Å². The first kappa shape index (κ1) is 14.4. The Morgan fingerprint density at radius 1 is 1.00 bits per heavy atom. The van der Waals surface area contributed by atoms with Crippen molar-refractivity contribution < 1.29 is 26.3 Å². The van der Waals surface area contributed by atoms with E-state index in [1.165, 1.54) is 0 Å². The van der Waals surface area contributed by atoms with Gasteiger partial charge < -0.3 is 5.43 Å². The summed E-state index contributed by atoms with van der Waals surface area (Å²) in [4.78, 5) is 3.54. The Balaban J connectivity index is 2.90. The zero-order valence-electron chi connectivity index (χ0n) is 9.60. The molecule has 9 heteroatoms. The highest BCUT2D eigenvalue weighted by atomic mass is 19.4. The zero-order valence-corrected chi connectivity index (χ0v) is 9.60. The number of nitrogen functional groups attached to an aromatic ring is 1. The van der Waals surface area contributed by atoms with Gasteiger partial charge >= 0.3 is 12.4 Å². The summed E-state index contributed by atoms with van der Waals surface area (Å²) < 4.78 is 76.7. The first-order valence-electron chi connectivity index (χ1n) is 5.18. The molecule has 0 aliphatic heterocycles. The zero-order chi connectivity index (χ0) is 15.1. The van der Waals surface area contributed by atoms with Crippen LogP contribution in [-0.4, -0.2) is 4.98 Å². The van der Waals surface area contributed by atoms with E-state index in [0.717, 1.165) is 12.3 Å². The number of nitrogens with two attached hydrogens (primary N) is 1. The van der Waals surface area contributed by atoms with E-state index in [1.54, 1.807) is 0 Å². The molecule has 0 saturated carbocycles. The molecule has 3 N–H and O–H groups in total. The van der Waals surface area contributed by atoms with Crippen molar-refractivity contribution in [2.24, 2.45) is 5.84 Å². The lowest BCUT2D eigenvalue weighted by Gasteiger charge is -2.16. The fraction of sp³-hybridized carbons (Fsp3) is 0.182. The maximum absolute atomic E-state index is 12.9. The molecule has 0 fully saturated rings. The Morgan fingerprint density at radius 2 is 1.65 bits per heavy atom. The van der Waals surface area contributed by atoms with E-state index in [9.17, 15) is 26.3 Å². The van der Waals surface area contributed by atoms with Crippen molar-refractivity contribution in [3.8, 4) is 0 Å². The van der Waals surface area contributed by atoms with Crippen molar-refractivity contribution in [2.45, 2.75) is 12.4 Å². The van der Waals surface area contributed by atoms with Crippen molar-refractivity contribution in [3.63, 3.8) is 0 Å². The molecular weight excluding hydrogens is 288 g/mol. The highest BCUT2D eigenvalue weighted by Crippen LogP contribution is 2.41. The molecule has 3 nitrogen and oxygen atoms in total. The smallest absolute Gasteiger partial charge is 0.323 e. The molecule has 1 heterocycles. The molecule has 0 amide bonds. The topological polar surface area (TPSA) is 50.9 Å². The van der Waals surface area contributed by atoms with E-state index in [0.29, 0.717) is 6.07 Å². The number of nitrogens with one attached hydrogen (secondary N) is 1. The van der Waals surface area contributed by atoms with E-state index in [-0.39, 0.29) is 11.8 Å². The Kier molecular flexibility index (Phi) is 3.24. The first-order valence-corrected chi connectivity index (χ1v) is 5.18. The van der Waals surface area contributed by atoms with Gasteiger partial charge in [-0.2, -0.15) is 26.3 Å². The summed E-state index contributed by atoms with van der Waals surface area (Å²) in [6, 6.07) is 1.74. The number of alkyl halides is 6. The van der Waals surface area contributed by atoms with Gasteiger partial charge in [-0.25, -0.2) is 0 Å². The normalized spacial score (nSPS) is 12.8. The van der Waals surface area contributed by atoms with Crippen LogP contribution < -0.4 is 11.3 Å². The van der Waals surface area contributed by atoms with Crippen LogP contribution in [0.25, 0.3) is 10.9 Å². The molecule has 1 aromatic carbocycles. The third kappa shape index (κ3) is 2.48. The van der Waals surface area contributed by atoms with Gasteiger partial charge in [0, 0.05) is 11.6 Å². The third-order valence-electron chi connectivity index (χ3n) is 2.63. The number of fused-ring (bicyclic) bond motifs is 1. The second-order valence-electron chi connectivity index (χ2n) is 3.92. The average Bonchev–Trinajstić information content (AvgIpc) is 2.34. The molecule has 0 saturated heterocycles. The number of hydrazine groups is 1. The summed E-state index contributed by atoms with van der Waals surface area (Å²) in [7, 11) is 0. The third-order valence-corrected chi connectivity index (χ3v) is 2.63. The van der Waals surface area contributed by atoms with Crippen LogP contribution in [0.15, 0.2) is 24.4 Å². The first-order chi connectivity index (χ1) is 9.14. The monoisotopic (exact) mass is 295 g/mol. The van der Waals surface area contributed by atoms with Gasteiger partial charge in [0.1, 0.15) is 0 Å². The number of aromatic nitrogens is 1. The number of halogens is 6. The molecule has 0 unspecified atom stereocenters. The number of pyridine rings is 1. The summed E-state index contributed by atoms with van der Waals surface area (Å²) in [5.41, 5.74) is -1.44. The van der Waals surface area contributed by atoms with Crippen molar-refractivity contribution in [2.75, 3.05) is 5.43 Å². The van der Waals surface area contributed by atoms with Gasteiger partial charge in [0.2, 0.25) is 0 Å². The van der Waals surface area contributed by atoms with Crippen LogP contribution >= 0.6 is 0 Å². The van der Waals surface area contributed by atoms with Gasteiger partial charge in [-0.05, 0) is 18.2 Å². The number of nitrogens with zero attached hydrogens (tertiary/aromatic N) is 1. The van der Waals surface area contributed by atoms with Crippen LogP contribution in [0.3, 0.4) is 0 Å². The molecule has 0 aliphatic rings. The lowest BCUT2D eigenvalue weighted by atomic mass is 10.0. The molecule has 2 aromatic rings. The predicted octanol–water partition coefficient (Wildman–Crippen LogP) is 3.56. The molecule has 108 valence electrons. The second kappa shape index (κ2) is 4.51. The summed E-state index contributed by atoms with van der Waals surface area (Å²) >= 11 is 0. The van der Waals surface area contributed by atoms with Crippen molar-refractivity contribution in [1.29, 1.82) is 0 Å². The molecule has 0 atom stereocenters. The Hall–Kier alpha value is -2.03. The van der Waals surface area contributed by atoms with Crippen LogP contribution in [0.4, 0.5) is 32.0 Å². The van der Waals surface area contributed by atoms with E-state index < -0.39 is 34.4 Å². The van der Waals surface area contributed by atoms with Gasteiger partial charge in [0.25, 0.3) is 0 Å². The highest BCUT2D eigenvalue weighted by molar-refractivity contribution is 5.94. The summed E-state index contributed by atoms with van der Waals surface area (Å²) in [6.45, 7) is 0. The molecular formula is C11H7F6N3. The minimum absolute atomic E-state index is 0.0465. The number of anilines is 1. The van der Waals surface area contributed by atoms with Gasteiger partial charge in [0.05, 0.1) is 22.3 Å². The maximum Gasteiger partial charge on any atom is 0.417 e. The summed E-state index contributed by atoms with van der Waals surface area (Å²) in [6.07, 6.45) is -8.80. The van der Waals surface area contributed by atoms with E-state index in [2.05, 4.69) is 4.98 Å². The predicted molar refractivity (Wildman–Crippen MR) is 59.6 cm³/mol. The van der Waals surface area contributed by atoms with Crippen LogP contribution in [-0.2, 0) is 12.4 Å². The summed E-state index contributed by atoms with van der Waals surface area (Å²) in [5.74, 6) is 5.08. The largest absolute Gasteiger partial charge is 0.417 e. The van der Waals surface area contributed by atoms with Crippen LogP contribution in [0, 0.1) is 0 Å². The van der Waals surface area contributed by atoms with Crippen molar-refractivity contribution >= 4 is 16.6 Å². The molecule has 1 aromatic heterocycles. The number of hydrogen-bond donors (Lipinski definition) is 2. The van der Waals surface area contributed by atoms with Crippen LogP contribution in [0.5, 0.6) is 0 Å². The SMILES string of the molecule is NNc1ccnc2cc(C(F)(F)F)cc(C(F)(F)F)c12. The molecule has 0 radical (unpaired) electrons. The van der Waals surface area contributed by atoms with Gasteiger partial charge in [-0.1, -0.05) is 0 Å². The standard InChI is InChI=1S/C11H7F6N3/c12-10(13,14)5-3-6(11(15,16)17)9-7(20-18)1-2-19-8(9)4-5/h1-4H,18H2,(H,19,20). The molecule has 0 bridgehead atoms. The van der Waals surface area contributed by atoms with E-state index in [1.807, 2.05) is 5.43 Å². The highest BCUT2D eigenvalue weighted by Gasteiger charge is 2.38. The Labute approximate surface area is 108 Å². The van der Waals surface area contributed by atoms with E-state index >= 15 is 0 Å². The number of hydrogen-bond acceptors (Lipinski definition) is 3. The van der Waals surface area contributed by atoms with Gasteiger partial charge in [-0.15, -0.1) is 0 Å². The average molecular weight is 295 g/mol. The Morgan fingerprint density at radius 3 is 2.15 bits per heavy atom. The minimum Gasteiger partial charge on any atom is -0.323 e. The molecule has 0 spiro atoms. The fourth-order valence-electron chi connectivity index (χ4n) is 1.79. The Bertz CT molecular complexity index is 647. The lowest BCUT2D eigenvalue weighted by Crippen LogP contribution is -2.14. The lowest BCUT2D eigenvalue weighted by molar-refractivity contribution is -0.142. The molecule has 2 rings (SSSR count). The second-order valence-corrected chi connectivity index (χ2v) is 3.92. The molecule has 20 heavy (non-hydrogen) atoms. The van der Waals surface area contributed by atoms with Crippen molar-refractivity contribution in [3.05, 3.63) is 35.5 Å². The minimum atomic E-state index is -4.96. The van der Waals surface area contributed by atoms with Crippen molar-refractivity contribution in [1.82, 2.24) is 4.98 Å². The van der Waals surface area contributed by atoms with E-state index in [4.69, 9.17) is 5.84 Å². The quantitative estimate of drug-likeness (QED) is 0.480. The van der Waals surface area contributed by atoms with Crippen LogP contribution in [0.1, 0.15) is 11.1 Å². The number of benzene rings is 1. The maximum atomic E-state index is 12.9. The fourth-order valence-corrected chi connectivity index (χ4v) is 1.79. The van der Waals surface area contributed by atoms with Gasteiger partial charge in [0.15, 0.2) is 0 Å². The molecule has 0 aliphatic carbocycles. The van der Waals surface area contributed by atoms with Crippen LogP contribution in [0.2, 0.25) is 0 Å². The number of rotatable bonds is 1.